The number of carbonyl (C=O) groups excluding carboxylic acids is 3. The fourth-order valence-corrected chi connectivity index (χ4v) is 2.37. The van der Waals surface area contributed by atoms with Gasteiger partial charge in [-0.25, -0.2) is 4.79 Å². The van der Waals surface area contributed by atoms with E-state index in [0.29, 0.717) is 30.8 Å². The Balaban J connectivity index is 2.14. The van der Waals surface area contributed by atoms with Crippen LogP contribution in [-0.2, 0) is 9.53 Å². The number of hydrogen-bond acceptors (Lipinski definition) is 4. The lowest BCUT2D eigenvalue weighted by Crippen LogP contribution is -2.41. The molecule has 20 heavy (non-hydrogen) atoms. The first-order chi connectivity index (χ1) is 9.54. The Morgan fingerprint density at radius 1 is 1.45 bits per heavy atom. The fraction of sp³-hybridized carbons (Fsp3) is 0.500. The number of nitrogens with zero attached hydrogens (tertiary/aromatic N) is 1. The Kier molecular flexibility index (Phi) is 4.22. The highest BCUT2D eigenvalue weighted by atomic mass is 16.5. The number of nitrogens with one attached hydrogen (secondary N) is 1. The van der Waals surface area contributed by atoms with Crippen LogP contribution in [0, 0.1) is 0 Å². The molecule has 1 atom stereocenters. The number of aromatic amines is 1. The van der Waals surface area contributed by atoms with Crippen LogP contribution in [0.5, 0.6) is 0 Å². The molecule has 1 aliphatic rings. The number of amides is 1. The molecule has 1 amide bonds. The standard InChI is InChI=1S/C14H18N2O4/c1-3-20-14(19)12-5-4-6-16(12)13(18)11-7-10(8-15-11)9(2)17/h7-8,12,15H,3-6H2,1-2H3. The van der Waals surface area contributed by atoms with Crippen molar-refractivity contribution in [3.63, 3.8) is 0 Å². The third-order valence-corrected chi connectivity index (χ3v) is 3.39. The molecule has 0 spiro atoms. The van der Waals surface area contributed by atoms with Crippen molar-refractivity contribution in [1.82, 2.24) is 9.88 Å². The molecular weight excluding hydrogens is 260 g/mol. The minimum Gasteiger partial charge on any atom is -0.464 e. The molecule has 1 aromatic rings. The topological polar surface area (TPSA) is 79.5 Å². The molecule has 1 unspecified atom stereocenters. The summed E-state index contributed by atoms with van der Waals surface area (Å²) in [7, 11) is 0. The Hall–Kier alpha value is -2.11. The maximum absolute atomic E-state index is 12.4. The van der Waals surface area contributed by atoms with Crippen LogP contribution in [0.1, 0.15) is 47.5 Å². The van der Waals surface area contributed by atoms with Crippen LogP contribution in [-0.4, -0.2) is 46.7 Å². The monoisotopic (exact) mass is 278 g/mol. The molecule has 1 saturated heterocycles. The molecule has 6 heteroatoms. The van der Waals surface area contributed by atoms with Crippen LogP contribution in [0.4, 0.5) is 0 Å². The summed E-state index contributed by atoms with van der Waals surface area (Å²) in [6, 6.07) is 0.997. The van der Waals surface area contributed by atoms with Crippen LogP contribution in [0.2, 0.25) is 0 Å². The minimum atomic E-state index is -0.522. The minimum absolute atomic E-state index is 0.108. The van der Waals surface area contributed by atoms with Gasteiger partial charge in [0.15, 0.2) is 5.78 Å². The Morgan fingerprint density at radius 2 is 2.20 bits per heavy atom. The molecule has 0 aromatic carbocycles. The van der Waals surface area contributed by atoms with Crippen LogP contribution in [0.25, 0.3) is 0 Å². The first-order valence-corrected chi connectivity index (χ1v) is 6.71. The maximum Gasteiger partial charge on any atom is 0.328 e. The van der Waals surface area contributed by atoms with Gasteiger partial charge in [-0.05, 0) is 32.8 Å². The molecular formula is C14H18N2O4. The van der Waals surface area contributed by atoms with Crippen LogP contribution < -0.4 is 0 Å². The second-order valence-corrected chi connectivity index (χ2v) is 4.77. The van der Waals surface area contributed by atoms with Gasteiger partial charge in [0, 0.05) is 18.3 Å². The number of Topliss-reactive ketones (excluding diaryl/α,β-unsaturated/α-hetero) is 1. The number of rotatable bonds is 4. The van der Waals surface area contributed by atoms with E-state index < -0.39 is 6.04 Å². The van der Waals surface area contributed by atoms with Crippen LogP contribution in [0.15, 0.2) is 12.3 Å². The molecule has 2 rings (SSSR count). The van der Waals surface area contributed by atoms with E-state index in [9.17, 15) is 14.4 Å². The number of carbonyl (C=O) groups is 3. The highest BCUT2D eigenvalue weighted by Crippen LogP contribution is 2.21. The molecule has 0 saturated carbocycles. The molecule has 0 bridgehead atoms. The van der Waals surface area contributed by atoms with Gasteiger partial charge in [0.25, 0.3) is 5.91 Å². The van der Waals surface area contributed by atoms with Gasteiger partial charge < -0.3 is 14.6 Å². The summed E-state index contributed by atoms with van der Waals surface area (Å²) in [5, 5.41) is 0. The zero-order valence-corrected chi connectivity index (χ0v) is 11.6. The average molecular weight is 278 g/mol. The molecule has 1 aliphatic heterocycles. The van der Waals surface area contributed by atoms with E-state index in [1.165, 1.54) is 24.1 Å². The average Bonchev–Trinajstić information content (AvgIpc) is 3.07. The van der Waals surface area contributed by atoms with Crippen molar-refractivity contribution in [2.24, 2.45) is 0 Å². The predicted octanol–water partition coefficient (Wildman–Crippen LogP) is 1.38. The first-order valence-electron chi connectivity index (χ1n) is 6.71. The lowest BCUT2D eigenvalue weighted by Gasteiger charge is -2.22. The van der Waals surface area contributed by atoms with E-state index in [4.69, 9.17) is 4.74 Å². The van der Waals surface area contributed by atoms with Gasteiger partial charge in [0.2, 0.25) is 0 Å². The second-order valence-electron chi connectivity index (χ2n) is 4.77. The van der Waals surface area contributed by atoms with E-state index in [2.05, 4.69) is 4.98 Å². The van der Waals surface area contributed by atoms with E-state index in [-0.39, 0.29) is 17.7 Å². The Morgan fingerprint density at radius 3 is 2.80 bits per heavy atom. The smallest absolute Gasteiger partial charge is 0.328 e. The molecule has 1 fully saturated rings. The summed E-state index contributed by atoms with van der Waals surface area (Å²) in [6.45, 7) is 4.00. The van der Waals surface area contributed by atoms with E-state index in [1.54, 1.807) is 6.92 Å². The van der Waals surface area contributed by atoms with Crippen LogP contribution in [0.3, 0.4) is 0 Å². The van der Waals surface area contributed by atoms with E-state index >= 15 is 0 Å². The summed E-state index contributed by atoms with van der Waals surface area (Å²) >= 11 is 0. The number of ketones is 1. The second kappa shape index (κ2) is 5.90. The zero-order chi connectivity index (χ0) is 14.7. The summed E-state index contributed by atoms with van der Waals surface area (Å²) < 4.78 is 4.99. The zero-order valence-electron chi connectivity index (χ0n) is 11.6. The quantitative estimate of drug-likeness (QED) is 0.666. The van der Waals surface area contributed by atoms with Gasteiger partial charge in [-0.2, -0.15) is 0 Å². The number of esters is 1. The van der Waals surface area contributed by atoms with Crippen molar-refractivity contribution < 1.29 is 19.1 Å². The molecule has 0 aliphatic carbocycles. The number of ether oxygens (including phenoxy) is 1. The van der Waals surface area contributed by atoms with E-state index in [0.717, 1.165) is 6.42 Å². The first kappa shape index (κ1) is 14.3. The van der Waals surface area contributed by atoms with Gasteiger partial charge in [-0.15, -0.1) is 0 Å². The third-order valence-electron chi connectivity index (χ3n) is 3.39. The normalized spacial score (nSPS) is 18.1. The fourth-order valence-electron chi connectivity index (χ4n) is 2.37. The van der Waals surface area contributed by atoms with Crippen molar-refractivity contribution in [3.8, 4) is 0 Å². The third kappa shape index (κ3) is 2.74. The number of aromatic nitrogens is 1. The molecule has 1 aromatic heterocycles. The lowest BCUT2D eigenvalue weighted by atomic mass is 10.2. The highest BCUT2D eigenvalue weighted by molar-refractivity contribution is 6.00. The van der Waals surface area contributed by atoms with Crippen molar-refractivity contribution >= 4 is 17.7 Å². The molecule has 6 nitrogen and oxygen atoms in total. The number of likely N-dealkylation sites (tertiary alicyclic amines) is 1. The van der Waals surface area contributed by atoms with Crippen LogP contribution >= 0.6 is 0 Å². The van der Waals surface area contributed by atoms with Crippen molar-refractivity contribution in [1.29, 1.82) is 0 Å². The largest absolute Gasteiger partial charge is 0.464 e. The molecule has 108 valence electrons. The summed E-state index contributed by atoms with van der Waals surface area (Å²) in [6.07, 6.45) is 2.89. The lowest BCUT2D eigenvalue weighted by molar-refractivity contribution is -0.147. The van der Waals surface area contributed by atoms with Gasteiger partial charge in [-0.3, -0.25) is 9.59 Å². The molecule has 2 heterocycles. The maximum atomic E-state index is 12.4. The van der Waals surface area contributed by atoms with Gasteiger partial charge in [-0.1, -0.05) is 0 Å². The highest BCUT2D eigenvalue weighted by Gasteiger charge is 2.36. The molecule has 1 N–H and O–H groups in total. The van der Waals surface area contributed by atoms with Crippen molar-refractivity contribution in [3.05, 3.63) is 23.5 Å². The summed E-state index contributed by atoms with van der Waals surface area (Å²) in [5.74, 6) is -0.742. The van der Waals surface area contributed by atoms with Gasteiger partial charge in [0.05, 0.1) is 6.61 Å². The predicted molar refractivity (Wildman–Crippen MR) is 71.5 cm³/mol. The molecule has 0 radical (unpaired) electrons. The number of hydrogen-bond donors (Lipinski definition) is 1. The van der Waals surface area contributed by atoms with E-state index in [1.807, 2.05) is 0 Å². The van der Waals surface area contributed by atoms with Crippen molar-refractivity contribution in [2.45, 2.75) is 32.7 Å². The number of H-pyrrole nitrogens is 1. The summed E-state index contributed by atoms with van der Waals surface area (Å²) in [5.41, 5.74) is 0.784. The van der Waals surface area contributed by atoms with Crippen molar-refractivity contribution in [2.75, 3.05) is 13.2 Å². The Bertz CT molecular complexity index is 535. The van der Waals surface area contributed by atoms with Gasteiger partial charge >= 0.3 is 5.97 Å². The van der Waals surface area contributed by atoms with Gasteiger partial charge in [0.1, 0.15) is 11.7 Å². The summed E-state index contributed by atoms with van der Waals surface area (Å²) in [4.78, 5) is 39.7. The Labute approximate surface area is 117 Å². The SMILES string of the molecule is CCOC(=O)C1CCCN1C(=O)c1cc(C(C)=O)c[nH]1.